The van der Waals surface area contributed by atoms with E-state index in [2.05, 4.69) is 10.6 Å². The third-order valence-electron chi connectivity index (χ3n) is 4.09. The van der Waals surface area contributed by atoms with Crippen LogP contribution in [0.1, 0.15) is 26.3 Å². The molecule has 0 atom stereocenters. The number of nitrogens with one attached hydrogen (secondary N) is 2. The zero-order chi connectivity index (χ0) is 19.1. The van der Waals surface area contributed by atoms with Crippen LogP contribution in [-0.4, -0.2) is 18.4 Å². The van der Waals surface area contributed by atoms with Gasteiger partial charge in [-0.3, -0.25) is 9.59 Å². The Hall–Kier alpha value is -3.47. The maximum Gasteiger partial charge on any atom is 0.255 e. The van der Waals surface area contributed by atoms with Gasteiger partial charge < -0.3 is 10.6 Å². The molecule has 0 radical (unpaired) electrons. The maximum atomic E-state index is 13.6. The van der Waals surface area contributed by atoms with Crippen LogP contribution >= 0.6 is 0 Å². The minimum Gasteiger partial charge on any atom is -0.352 e. The average Bonchev–Trinajstić information content (AvgIpc) is 2.70. The number of anilines is 1. The monoisotopic (exact) mass is 362 g/mol. The highest BCUT2D eigenvalue weighted by atomic mass is 19.1. The SMILES string of the molecule is O=C(Nc1ccccc1C(=O)NCCc1ccccc1F)c1ccccc1. The Morgan fingerprint density at radius 1 is 0.778 bits per heavy atom. The number of benzene rings is 3. The largest absolute Gasteiger partial charge is 0.352 e. The second kappa shape index (κ2) is 8.76. The Labute approximate surface area is 157 Å². The van der Waals surface area contributed by atoms with Crippen molar-refractivity contribution in [2.45, 2.75) is 6.42 Å². The molecular formula is C22H19FN2O2. The topological polar surface area (TPSA) is 58.2 Å². The van der Waals surface area contributed by atoms with Crippen LogP contribution in [0.5, 0.6) is 0 Å². The Balaban J connectivity index is 1.65. The number of para-hydroxylation sites is 1. The number of rotatable bonds is 6. The minimum atomic E-state index is -0.324. The molecule has 0 aromatic heterocycles. The molecule has 0 aliphatic carbocycles. The van der Waals surface area contributed by atoms with Crippen LogP contribution < -0.4 is 10.6 Å². The molecule has 27 heavy (non-hydrogen) atoms. The third-order valence-corrected chi connectivity index (χ3v) is 4.09. The number of hydrogen-bond donors (Lipinski definition) is 2. The van der Waals surface area contributed by atoms with Crippen LogP contribution in [0.25, 0.3) is 0 Å². The normalized spacial score (nSPS) is 10.3. The predicted molar refractivity (Wildman–Crippen MR) is 103 cm³/mol. The van der Waals surface area contributed by atoms with E-state index in [-0.39, 0.29) is 17.6 Å². The third kappa shape index (κ3) is 4.79. The molecular weight excluding hydrogens is 343 g/mol. The molecule has 0 aliphatic rings. The van der Waals surface area contributed by atoms with E-state index in [1.807, 2.05) is 6.07 Å². The summed E-state index contributed by atoms with van der Waals surface area (Å²) < 4.78 is 13.6. The van der Waals surface area contributed by atoms with Crippen LogP contribution in [0.4, 0.5) is 10.1 Å². The molecule has 5 heteroatoms. The summed E-state index contributed by atoms with van der Waals surface area (Å²) >= 11 is 0. The van der Waals surface area contributed by atoms with E-state index < -0.39 is 0 Å². The van der Waals surface area contributed by atoms with Gasteiger partial charge in [0.25, 0.3) is 11.8 Å². The van der Waals surface area contributed by atoms with Gasteiger partial charge in [-0.15, -0.1) is 0 Å². The van der Waals surface area contributed by atoms with Crippen molar-refractivity contribution in [2.24, 2.45) is 0 Å². The summed E-state index contributed by atoms with van der Waals surface area (Å²) in [5, 5.41) is 5.54. The minimum absolute atomic E-state index is 0.290. The summed E-state index contributed by atoms with van der Waals surface area (Å²) in [6, 6.07) is 22.0. The van der Waals surface area contributed by atoms with E-state index in [1.165, 1.54) is 6.07 Å². The van der Waals surface area contributed by atoms with Crippen LogP contribution in [-0.2, 0) is 6.42 Å². The van der Waals surface area contributed by atoms with Crippen molar-refractivity contribution < 1.29 is 14.0 Å². The molecule has 136 valence electrons. The van der Waals surface area contributed by atoms with Gasteiger partial charge in [-0.2, -0.15) is 0 Å². The zero-order valence-corrected chi connectivity index (χ0v) is 14.6. The fraction of sp³-hybridized carbons (Fsp3) is 0.0909. The number of amides is 2. The summed E-state index contributed by atoms with van der Waals surface area (Å²) in [5.41, 5.74) is 1.83. The molecule has 2 N–H and O–H groups in total. The number of halogens is 1. The molecule has 0 saturated heterocycles. The predicted octanol–water partition coefficient (Wildman–Crippen LogP) is 4.05. The molecule has 3 rings (SSSR count). The molecule has 3 aromatic carbocycles. The summed E-state index contributed by atoms with van der Waals surface area (Å²) in [6.45, 7) is 0.292. The molecule has 0 heterocycles. The molecule has 4 nitrogen and oxygen atoms in total. The second-order valence-corrected chi connectivity index (χ2v) is 5.96. The highest BCUT2D eigenvalue weighted by Gasteiger charge is 2.14. The number of carbonyl (C=O) groups excluding carboxylic acids is 2. The van der Waals surface area contributed by atoms with Crippen molar-refractivity contribution in [3.63, 3.8) is 0 Å². The first-order valence-electron chi connectivity index (χ1n) is 8.62. The Morgan fingerprint density at radius 3 is 2.22 bits per heavy atom. The van der Waals surface area contributed by atoms with Gasteiger partial charge in [-0.05, 0) is 42.3 Å². The van der Waals surface area contributed by atoms with Gasteiger partial charge in [0.15, 0.2) is 0 Å². The van der Waals surface area contributed by atoms with Crippen LogP contribution in [0, 0.1) is 5.82 Å². The van der Waals surface area contributed by atoms with E-state index in [0.717, 1.165) is 0 Å². The molecule has 0 saturated carbocycles. The van der Waals surface area contributed by atoms with E-state index in [0.29, 0.717) is 35.3 Å². The summed E-state index contributed by atoms with van der Waals surface area (Å²) in [4.78, 5) is 24.8. The lowest BCUT2D eigenvalue weighted by Crippen LogP contribution is -2.27. The molecule has 0 aliphatic heterocycles. The van der Waals surface area contributed by atoms with Gasteiger partial charge in [0.1, 0.15) is 5.82 Å². The lowest BCUT2D eigenvalue weighted by atomic mass is 10.1. The van der Waals surface area contributed by atoms with Gasteiger partial charge in [0, 0.05) is 12.1 Å². The number of hydrogen-bond acceptors (Lipinski definition) is 2. The Bertz CT molecular complexity index is 942. The first-order valence-corrected chi connectivity index (χ1v) is 8.62. The van der Waals surface area contributed by atoms with Crippen LogP contribution in [0.2, 0.25) is 0 Å². The standard InChI is InChI=1S/C22H19FN2O2/c23-19-12-6-4-8-16(19)14-15-24-22(27)18-11-5-7-13-20(18)25-21(26)17-9-2-1-3-10-17/h1-13H,14-15H2,(H,24,27)(H,25,26). The van der Waals surface area contributed by atoms with E-state index in [9.17, 15) is 14.0 Å². The van der Waals surface area contributed by atoms with Crippen molar-refractivity contribution in [1.29, 1.82) is 0 Å². The molecule has 0 fully saturated rings. The lowest BCUT2D eigenvalue weighted by Gasteiger charge is -2.12. The van der Waals surface area contributed by atoms with E-state index >= 15 is 0 Å². The fourth-order valence-electron chi connectivity index (χ4n) is 2.68. The zero-order valence-electron chi connectivity index (χ0n) is 14.6. The van der Waals surface area contributed by atoms with Crippen LogP contribution in [0.15, 0.2) is 78.9 Å². The van der Waals surface area contributed by atoms with Crippen molar-refractivity contribution >= 4 is 17.5 Å². The first kappa shape index (κ1) is 18.3. The summed E-state index contributed by atoms with van der Waals surface area (Å²) in [6.07, 6.45) is 0.386. The van der Waals surface area contributed by atoms with Gasteiger partial charge in [-0.1, -0.05) is 48.5 Å². The highest BCUT2D eigenvalue weighted by Crippen LogP contribution is 2.16. The van der Waals surface area contributed by atoms with E-state index in [4.69, 9.17) is 0 Å². The molecule has 3 aromatic rings. The van der Waals surface area contributed by atoms with Gasteiger partial charge in [0.2, 0.25) is 0 Å². The Morgan fingerprint density at radius 2 is 1.44 bits per heavy atom. The molecule has 0 bridgehead atoms. The highest BCUT2D eigenvalue weighted by molar-refractivity contribution is 6.08. The fourth-order valence-corrected chi connectivity index (χ4v) is 2.68. The van der Waals surface area contributed by atoms with Crippen molar-refractivity contribution in [3.8, 4) is 0 Å². The summed E-state index contributed by atoms with van der Waals surface area (Å²) in [5.74, 6) is -0.903. The maximum absolute atomic E-state index is 13.6. The van der Waals surface area contributed by atoms with Crippen LogP contribution in [0.3, 0.4) is 0 Å². The Kier molecular flexibility index (Phi) is 5.94. The second-order valence-electron chi connectivity index (χ2n) is 5.96. The van der Waals surface area contributed by atoms with Gasteiger partial charge >= 0.3 is 0 Å². The van der Waals surface area contributed by atoms with Gasteiger partial charge in [0.05, 0.1) is 11.3 Å². The smallest absolute Gasteiger partial charge is 0.255 e. The first-order chi connectivity index (χ1) is 13.1. The van der Waals surface area contributed by atoms with Crippen molar-refractivity contribution in [3.05, 3.63) is 101 Å². The molecule has 2 amide bonds. The quantitative estimate of drug-likeness (QED) is 0.695. The van der Waals surface area contributed by atoms with Gasteiger partial charge in [-0.25, -0.2) is 4.39 Å². The van der Waals surface area contributed by atoms with Crippen molar-refractivity contribution in [1.82, 2.24) is 5.32 Å². The molecule has 0 unspecified atom stereocenters. The van der Waals surface area contributed by atoms with Crippen molar-refractivity contribution in [2.75, 3.05) is 11.9 Å². The molecule has 0 spiro atoms. The van der Waals surface area contributed by atoms with E-state index in [1.54, 1.807) is 66.7 Å². The average molecular weight is 362 g/mol. The summed E-state index contributed by atoms with van der Waals surface area (Å²) in [7, 11) is 0. The number of carbonyl (C=O) groups is 2. The lowest BCUT2D eigenvalue weighted by molar-refractivity contribution is 0.0955.